The number of carbonyl (C=O) groups excluding carboxylic acids is 2. The number of dihydropyridines is 1. The fraction of sp³-hybridized carbons (Fsp3) is 0.586. The molecule has 1 aromatic rings. The summed E-state index contributed by atoms with van der Waals surface area (Å²) in [4.78, 5) is 29.4. The highest BCUT2D eigenvalue weighted by Crippen LogP contribution is 2.47. The number of rotatable bonds is 6. The lowest BCUT2D eigenvalue weighted by Crippen LogP contribution is -2.39. The van der Waals surface area contributed by atoms with Crippen molar-refractivity contribution in [1.82, 2.24) is 5.32 Å². The van der Waals surface area contributed by atoms with Gasteiger partial charge < -0.3 is 15.0 Å². The molecule has 1 heterocycles. The van der Waals surface area contributed by atoms with Gasteiger partial charge in [-0.25, -0.2) is 4.79 Å². The molecule has 184 valence electrons. The minimum atomic E-state index is -0.387. The number of esters is 1. The lowest BCUT2D eigenvalue weighted by atomic mass is 9.68. The van der Waals surface area contributed by atoms with E-state index in [0.717, 1.165) is 73.4 Å². The summed E-state index contributed by atoms with van der Waals surface area (Å²) in [5.41, 5.74) is 5.14. The van der Waals surface area contributed by atoms with Gasteiger partial charge >= 0.3 is 5.97 Å². The first-order valence-electron chi connectivity index (χ1n) is 13.0. The number of ketones is 1. The second-order valence-electron chi connectivity index (χ2n) is 10.9. The molecule has 1 aliphatic heterocycles. The van der Waals surface area contributed by atoms with Crippen LogP contribution in [0.3, 0.4) is 0 Å². The average molecular weight is 465 g/mol. The predicted molar refractivity (Wildman–Crippen MR) is 137 cm³/mol. The first-order valence-corrected chi connectivity index (χ1v) is 13.0. The van der Waals surface area contributed by atoms with Gasteiger partial charge in [0.2, 0.25) is 0 Å². The van der Waals surface area contributed by atoms with Crippen molar-refractivity contribution in [2.45, 2.75) is 91.6 Å². The van der Waals surface area contributed by atoms with Crippen molar-refractivity contribution in [3.63, 3.8) is 0 Å². The van der Waals surface area contributed by atoms with Crippen LogP contribution in [0.5, 0.6) is 0 Å². The Morgan fingerprint density at radius 2 is 1.71 bits per heavy atom. The second kappa shape index (κ2) is 9.97. The van der Waals surface area contributed by atoms with Gasteiger partial charge in [0, 0.05) is 48.1 Å². The number of allylic oxidation sites excluding steroid dienone is 3. The molecule has 1 unspecified atom stereocenters. The van der Waals surface area contributed by atoms with Crippen molar-refractivity contribution >= 4 is 17.4 Å². The quantitative estimate of drug-likeness (QED) is 0.522. The molecule has 0 spiro atoms. The van der Waals surface area contributed by atoms with Crippen molar-refractivity contribution in [2.75, 3.05) is 18.0 Å². The highest BCUT2D eigenvalue weighted by atomic mass is 16.5. The molecular weight excluding hydrogens is 424 g/mol. The maximum atomic E-state index is 13.6. The number of Topliss-reactive ketones (excluding diaryl/α,β-unsaturated/α-hetero) is 1. The van der Waals surface area contributed by atoms with E-state index in [4.69, 9.17) is 4.74 Å². The van der Waals surface area contributed by atoms with Gasteiger partial charge in [-0.3, -0.25) is 4.79 Å². The summed E-state index contributed by atoms with van der Waals surface area (Å²) in [6.45, 7) is 12.4. The highest BCUT2D eigenvalue weighted by Gasteiger charge is 2.43. The number of carbonyl (C=O) groups is 2. The number of hydrogen-bond acceptors (Lipinski definition) is 5. The molecule has 2 aliphatic carbocycles. The van der Waals surface area contributed by atoms with E-state index >= 15 is 0 Å². The topological polar surface area (TPSA) is 58.6 Å². The molecule has 0 bridgehead atoms. The van der Waals surface area contributed by atoms with Crippen LogP contribution in [0.1, 0.15) is 91.0 Å². The Kier molecular flexibility index (Phi) is 7.20. The van der Waals surface area contributed by atoms with Gasteiger partial charge in [-0.2, -0.15) is 0 Å². The summed E-state index contributed by atoms with van der Waals surface area (Å²) in [5, 5.41) is 3.45. The van der Waals surface area contributed by atoms with Crippen molar-refractivity contribution in [1.29, 1.82) is 0 Å². The van der Waals surface area contributed by atoms with Gasteiger partial charge in [-0.15, -0.1) is 0 Å². The molecule has 1 fully saturated rings. The minimum absolute atomic E-state index is 0.0244. The third kappa shape index (κ3) is 4.94. The molecule has 1 aromatic carbocycles. The van der Waals surface area contributed by atoms with E-state index in [9.17, 15) is 9.59 Å². The van der Waals surface area contributed by atoms with Gasteiger partial charge in [0.25, 0.3) is 0 Å². The first-order chi connectivity index (χ1) is 16.2. The fourth-order valence-corrected chi connectivity index (χ4v) is 5.90. The zero-order valence-electron chi connectivity index (χ0n) is 21.5. The van der Waals surface area contributed by atoms with Crippen molar-refractivity contribution < 1.29 is 14.3 Å². The van der Waals surface area contributed by atoms with E-state index in [1.165, 1.54) is 6.42 Å². The minimum Gasteiger partial charge on any atom is -0.459 e. The summed E-state index contributed by atoms with van der Waals surface area (Å²) in [6.07, 6.45) is 6.53. The molecule has 0 aromatic heterocycles. The molecule has 5 nitrogen and oxygen atoms in total. The molecule has 1 N–H and O–H groups in total. The van der Waals surface area contributed by atoms with E-state index in [1.54, 1.807) is 0 Å². The largest absolute Gasteiger partial charge is 0.459 e. The van der Waals surface area contributed by atoms with E-state index in [-0.39, 0.29) is 29.2 Å². The summed E-state index contributed by atoms with van der Waals surface area (Å²) in [6, 6.07) is 8.40. The van der Waals surface area contributed by atoms with Crippen LogP contribution in [-0.4, -0.2) is 30.9 Å². The third-order valence-corrected chi connectivity index (χ3v) is 7.64. The molecule has 4 rings (SSSR count). The molecule has 0 amide bonds. The third-order valence-electron chi connectivity index (χ3n) is 7.64. The van der Waals surface area contributed by atoms with Gasteiger partial charge in [0.1, 0.15) is 6.10 Å². The Bertz CT molecular complexity index is 993. The number of hydrogen-bond donors (Lipinski definition) is 1. The maximum Gasteiger partial charge on any atom is 0.337 e. The number of benzene rings is 1. The standard InChI is InChI=1S/C29H40N2O3/c1-6-31(7-2)21-15-13-20(14-16-21)26-25(28(33)34-22-11-9-8-10-12-22)19(3)30-23-17-29(4,5)18-24(32)27(23)26/h13-16,22,26,30H,6-12,17-18H2,1-5H3. The van der Waals surface area contributed by atoms with Crippen LogP contribution < -0.4 is 10.2 Å². The number of anilines is 1. The number of ether oxygens (including phenoxy) is 1. The van der Waals surface area contributed by atoms with Crippen LogP contribution in [0.25, 0.3) is 0 Å². The maximum absolute atomic E-state index is 13.6. The lowest BCUT2D eigenvalue weighted by molar-refractivity contribution is -0.146. The van der Waals surface area contributed by atoms with Crippen LogP contribution in [0.4, 0.5) is 5.69 Å². The fourth-order valence-electron chi connectivity index (χ4n) is 5.90. The normalized spacial score (nSPS) is 22.9. The zero-order chi connectivity index (χ0) is 24.5. The molecule has 1 atom stereocenters. The van der Waals surface area contributed by atoms with E-state index in [2.05, 4.69) is 62.2 Å². The Hall–Kier alpha value is -2.56. The Balaban J connectivity index is 1.74. The van der Waals surface area contributed by atoms with Gasteiger partial charge in [0.05, 0.1) is 5.57 Å². The van der Waals surface area contributed by atoms with Crippen molar-refractivity contribution in [3.8, 4) is 0 Å². The molecule has 34 heavy (non-hydrogen) atoms. The molecule has 5 heteroatoms. The molecule has 0 radical (unpaired) electrons. The average Bonchev–Trinajstić information content (AvgIpc) is 2.79. The summed E-state index contributed by atoms with van der Waals surface area (Å²) in [5.74, 6) is -0.535. The van der Waals surface area contributed by atoms with Gasteiger partial charge in [0.15, 0.2) is 5.78 Å². The Labute approximate surface area is 204 Å². The van der Waals surface area contributed by atoms with Crippen LogP contribution in [0, 0.1) is 5.41 Å². The van der Waals surface area contributed by atoms with E-state index < -0.39 is 0 Å². The summed E-state index contributed by atoms with van der Waals surface area (Å²) >= 11 is 0. The van der Waals surface area contributed by atoms with Gasteiger partial charge in [-0.1, -0.05) is 32.4 Å². The van der Waals surface area contributed by atoms with Gasteiger partial charge in [-0.05, 0) is 76.0 Å². The molecule has 1 saturated carbocycles. The summed E-state index contributed by atoms with van der Waals surface area (Å²) in [7, 11) is 0. The van der Waals surface area contributed by atoms with Crippen molar-refractivity contribution in [2.24, 2.45) is 5.41 Å². The second-order valence-corrected chi connectivity index (χ2v) is 10.9. The molecule has 0 saturated heterocycles. The van der Waals surface area contributed by atoms with E-state index in [1.807, 2.05) is 6.92 Å². The van der Waals surface area contributed by atoms with Crippen LogP contribution in [-0.2, 0) is 14.3 Å². The summed E-state index contributed by atoms with van der Waals surface area (Å²) < 4.78 is 6.03. The predicted octanol–water partition coefficient (Wildman–Crippen LogP) is 6.01. The Morgan fingerprint density at radius 1 is 1.06 bits per heavy atom. The smallest absolute Gasteiger partial charge is 0.337 e. The SMILES string of the molecule is CCN(CC)c1ccc(C2C(C(=O)OC3CCCCC3)=C(C)NC3=C2C(=O)CC(C)(C)C3)cc1. The first kappa shape index (κ1) is 24.6. The van der Waals surface area contributed by atoms with Crippen LogP contribution >= 0.6 is 0 Å². The zero-order valence-corrected chi connectivity index (χ0v) is 21.5. The van der Waals surface area contributed by atoms with E-state index in [0.29, 0.717) is 12.0 Å². The Morgan fingerprint density at radius 3 is 2.32 bits per heavy atom. The van der Waals surface area contributed by atoms with Crippen molar-refractivity contribution in [3.05, 3.63) is 52.4 Å². The molecular formula is C29H40N2O3. The lowest BCUT2D eigenvalue weighted by Gasteiger charge is -2.39. The number of nitrogens with one attached hydrogen (secondary N) is 1. The van der Waals surface area contributed by atoms with Crippen LogP contribution in [0.15, 0.2) is 46.8 Å². The van der Waals surface area contributed by atoms with Crippen LogP contribution in [0.2, 0.25) is 0 Å². The number of nitrogens with zero attached hydrogens (tertiary/aromatic N) is 1. The monoisotopic (exact) mass is 464 g/mol. The molecule has 3 aliphatic rings. The highest BCUT2D eigenvalue weighted by molar-refractivity contribution is 6.04.